The number of aliphatic carboxylic acids is 2. The highest BCUT2D eigenvalue weighted by Gasteiger charge is 2.12. The summed E-state index contributed by atoms with van der Waals surface area (Å²) < 4.78 is 10.7. The molecule has 0 saturated heterocycles. The highest BCUT2D eigenvalue weighted by molar-refractivity contribution is 6.27. The number of ether oxygens (including phenoxy) is 2. The third-order valence-corrected chi connectivity index (χ3v) is 3.38. The first kappa shape index (κ1) is 18.3. The molecule has 0 atom stereocenters. The first-order valence-corrected chi connectivity index (χ1v) is 7.65. The first-order chi connectivity index (χ1) is 12.1. The Morgan fingerprint density at radius 2 is 1.60 bits per heavy atom. The molecular formula is C18H19NO6. The number of nitrogens with one attached hydrogen (secondary N) is 1. The van der Waals surface area contributed by atoms with Gasteiger partial charge in [0.05, 0.1) is 0 Å². The van der Waals surface area contributed by atoms with Gasteiger partial charge in [-0.1, -0.05) is 36.4 Å². The van der Waals surface area contributed by atoms with Crippen molar-refractivity contribution < 1.29 is 29.3 Å². The van der Waals surface area contributed by atoms with Gasteiger partial charge in [0.1, 0.15) is 0 Å². The van der Waals surface area contributed by atoms with E-state index >= 15 is 0 Å². The zero-order valence-electron chi connectivity index (χ0n) is 13.5. The van der Waals surface area contributed by atoms with Gasteiger partial charge in [0.15, 0.2) is 11.5 Å². The Balaban J connectivity index is 0.000000326. The van der Waals surface area contributed by atoms with Crippen molar-refractivity contribution >= 4 is 11.9 Å². The standard InChI is InChI=1S/C16H17NO2.C2H2O4/c1-2-4-13(5-3-1)8-9-17-11-14-6-7-15-16(10-14)19-12-18-15;3-1(4)2(5)6/h1-7,10,17H,8-9,11-12H2;(H,3,4)(H,5,6). The molecule has 1 heterocycles. The minimum absolute atomic E-state index is 0.334. The van der Waals surface area contributed by atoms with Gasteiger partial charge >= 0.3 is 11.9 Å². The molecular weight excluding hydrogens is 326 g/mol. The van der Waals surface area contributed by atoms with E-state index in [4.69, 9.17) is 29.3 Å². The van der Waals surface area contributed by atoms with Crippen LogP contribution in [0.1, 0.15) is 11.1 Å². The van der Waals surface area contributed by atoms with Crippen molar-refractivity contribution in [1.29, 1.82) is 0 Å². The van der Waals surface area contributed by atoms with E-state index in [1.165, 1.54) is 11.1 Å². The van der Waals surface area contributed by atoms with E-state index < -0.39 is 11.9 Å². The molecule has 3 rings (SSSR count). The van der Waals surface area contributed by atoms with Gasteiger partial charge in [0.2, 0.25) is 6.79 Å². The van der Waals surface area contributed by atoms with E-state index in [1.807, 2.05) is 18.2 Å². The molecule has 0 radical (unpaired) electrons. The largest absolute Gasteiger partial charge is 0.473 e. The molecule has 2 aromatic carbocycles. The van der Waals surface area contributed by atoms with Crippen LogP contribution in [0.5, 0.6) is 11.5 Å². The summed E-state index contributed by atoms with van der Waals surface area (Å²) >= 11 is 0. The third kappa shape index (κ3) is 6.15. The van der Waals surface area contributed by atoms with E-state index in [2.05, 4.69) is 35.6 Å². The van der Waals surface area contributed by atoms with Crippen molar-refractivity contribution in [2.24, 2.45) is 0 Å². The lowest BCUT2D eigenvalue weighted by Gasteiger charge is -2.06. The normalized spacial score (nSPS) is 11.4. The SMILES string of the molecule is O=C(O)C(=O)O.c1ccc(CCNCc2ccc3c(c2)OCO3)cc1. The molecule has 0 saturated carbocycles. The summed E-state index contributed by atoms with van der Waals surface area (Å²) in [4.78, 5) is 18.2. The van der Waals surface area contributed by atoms with Gasteiger partial charge in [0, 0.05) is 6.54 Å². The van der Waals surface area contributed by atoms with Crippen LogP contribution in [0, 0.1) is 0 Å². The molecule has 1 aliphatic heterocycles. The topological polar surface area (TPSA) is 105 Å². The van der Waals surface area contributed by atoms with E-state index in [0.29, 0.717) is 6.79 Å². The minimum atomic E-state index is -1.82. The fraction of sp³-hybridized carbons (Fsp3) is 0.222. The van der Waals surface area contributed by atoms with Crippen molar-refractivity contribution in [3.8, 4) is 11.5 Å². The summed E-state index contributed by atoms with van der Waals surface area (Å²) in [6, 6.07) is 16.6. The van der Waals surface area contributed by atoms with Crippen LogP contribution in [0.15, 0.2) is 48.5 Å². The molecule has 7 nitrogen and oxygen atoms in total. The number of hydrogen-bond acceptors (Lipinski definition) is 5. The predicted molar refractivity (Wildman–Crippen MR) is 89.7 cm³/mol. The Bertz CT molecular complexity index is 705. The summed E-state index contributed by atoms with van der Waals surface area (Å²) in [6.07, 6.45) is 1.05. The van der Waals surface area contributed by atoms with Crippen LogP contribution in [0.2, 0.25) is 0 Å². The summed E-state index contributed by atoms with van der Waals surface area (Å²) in [5, 5.41) is 18.2. The lowest BCUT2D eigenvalue weighted by atomic mass is 10.1. The molecule has 132 valence electrons. The molecule has 3 N–H and O–H groups in total. The second-order valence-corrected chi connectivity index (χ2v) is 5.21. The summed E-state index contributed by atoms with van der Waals surface area (Å²) in [5.41, 5.74) is 2.58. The number of carboxylic acid groups (broad SMARTS) is 2. The van der Waals surface area contributed by atoms with Gasteiger partial charge in [0.25, 0.3) is 0 Å². The van der Waals surface area contributed by atoms with Crippen LogP contribution in [0.3, 0.4) is 0 Å². The Morgan fingerprint density at radius 1 is 0.920 bits per heavy atom. The van der Waals surface area contributed by atoms with Crippen LogP contribution in [0.25, 0.3) is 0 Å². The zero-order valence-corrected chi connectivity index (χ0v) is 13.5. The number of carbonyl (C=O) groups is 2. The maximum Gasteiger partial charge on any atom is 0.414 e. The molecule has 2 aromatic rings. The molecule has 0 spiro atoms. The Morgan fingerprint density at radius 3 is 2.28 bits per heavy atom. The smallest absolute Gasteiger partial charge is 0.414 e. The van der Waals surface area contributed by atoms with Crippen molar-refractivity contribution in [3.63, 3.8) is 0 Å². The Hall–Kier alpha value is -3.06. The van der Waals surface area contributed by atoms with E-state index in [0.717, 1.165) is 31.0 Å². The average Bonchev–Trinajstić information content (AvgIpc) is 3.08. The summed E-state index contributed by atoms with van der Waals surface area (Å²) in [7, 11) is 0. The molecule has 0 amide bonds. The zero-order chi connectivity index (χ0) is 18.1. The lowest BCUT2D eigenvalue weighted by molar-refractivity contribution is -0.159. The molecule has 0 aliphatic carbocycles. The highest BCUT2D eigenvalue weighted by atomic mass is 16.7. The number of hydrogen-bond donors (Lipinski definition) is 3. The van der Waals surface area contributed by atoms with Gasteiger partial charge in [-0.25, -0.2) is 9.59 Å². The second kappa shape index (κ2) is 9.29. The van der Waals surface area contributed by atoms with Gasteiger partial charge in [-0.3, -0.25) is 0 Å². The lowest BCUT2D eigenvalue weighted by Crippen LogP contribution is -2.16. The molecule has 0 fully saturated rings. The third-order valence-electron chi connectivity index (χ3n) is 3.38. The fourth-order valence-corrected chi connectivity index (χ4v) is 2.16. The van der Waals surface area contributed by atoms with Gasteiger partial charge in [-0.15, -0.1) is 0 Å². The molecule has 7 heteroatoms. The molecule has 25 heavy (non-hydrogen) atoms. The van der Waals surface area contributed by atoms with Crippen molar-refractivity contribution in [1.82, 2.24) is 5.32 Å². The van der Waals surface area contributed by atoms with Crippen LogP contribution >= 0.6 is 0 Å². The molecule has 0 unspecified atom stereocenters. The molecule has 0 bridgehead atoms. The second-order valence-electron chi connectivity index (χ2n) is 5.21. The van der Waals surface area contributed by atoms with Crippen LogP contribution in [-0.4, -0.2) is 35.5 Å². The van der Waals surface area contributed by atoms with E-state index in [-0.39, 0.29) is 0 Å². The average molecular weight is 345 g/mol. The Kier molecular flexibility index (Phi) is 6.79. The van der Waals surface area contributed by atoms with Crippen LogP contribution in [0.4, 0.5) is 0 Å². The first-order valence-electron chi connectivity index (χ1n) is 7.65. The monoisotopic (exact) mass is 345 g/mol. The predicted octanol–water partition coefficient (Wildman–Crippen LogP) is 1.90. The van der Waals surface area contributed by atoms with Gasteiger partial charge < -0.3 is 25.0 Å². The summed E-state index contributed by atoms with van der Waals surface area (Å²) in [6.45, 7) is 2.15. The van der Waals surface area contributed by atoms with E-state index in [9.17, 15) is 0 Å². The number of rotatable bonds is 5. The Labute approximate surface area is 144 Å². The number of benzene rings is 2. The van der Waals surface area contributed by atoms with Gasteiger partial charge in [-0.2, -0.15) is 0 Å². The minimum Gasteiger partial charge on any atom is -0.473 e. The maximum atomic E-state index is 9.10. The molecule has 0 aromatic heterocycles. The highest BCUT2D eigenvalue weighted by Crippen LogP contribution is 2.32. The van der Waals surface area contributed by atoms with Crippen LogP contribution in [-0.2, 0) is 22.6 Å². The van der Waals surface area contributed by atoms with Gasteiger partial charge in [-0.05, 0) is 36.2 Å². The van der Waals surface area contributed by atoms with E-state index in [1.54, 1.807) is 0 Å². The fourth-order valence-electron chi connectivity index (χ4n) is 2.16. The van der Waals surface area contributed by atoms with Crippen LogP contribution < -0.4 is 14.8 Å². The summed E-state index contributed by atoms with van der Waals surface area (Å²) in [5.74, 6) is -1.96. The maximum absolute atomic E-state index is 9.10. The number of carboxylic acids is 2. The number of fused-ring (bicyclic) bond motifs is 1. The quantitative estimate of drug-likeness (QED) is 0.561. The van der Waals surface area contributed by atoms with Crippen molar-refractivity contribution in [2.75, 3.05) is 13.3 Å². The van der Waals surface area contributed by atoms with Crippen molar-refractivity contribution in [3.05, 3.63) is 59.7 Å². The molecule has 1 aliphatic rings. The van der Waals surface area contributed by atoms with Crippen molar-refractivity contribution in [2.45, 2.75) is 13.0 Å².